The molecule has 3 rings (SSSR count). The average Bonchev–Trinajstić information content (AvgIpc) is 2.61. The molecule has 5 heteroatoms. The third-order valence-electron chi connectivity index (χ3n) is 3.96. The van der Waals surface area contributed by atoms with E-state index >= 15 is 0 Å². The molecular weight excluding hydrogens is 304 g/mol. The van der Waals surface area contributed by atoms with E-state index in [1.54, 1.807) is 11.9 Å². The van der Waals surface area contributed by atoms with Gasteiger partial charge in [0, 0.05) is 31.3 Å². The summed E-state index contributed by atoms with van der Waals surface area (Å²) in [6, 6.07) is 19.7. The van der Waals surface area contributed by atoms with Crippen molar-refractivity contribution in [1.82, 2.24) is 4.90 Å². The molecule has 0 unspecified atom stereocenters. The Hall–Kier alpha value is -3.21. The van der Waals surface area contributed by atoms with Crippen molar-refractivity contribution in [3.8, 4) is 0 Å². The highest BCUT2D eigenvalue weighted by Crippen LogP contribution is 2.20. The molecule has 0 fully saturated rings. The molecule has 0 atom stereocenters. The molecule has 24 heavy (non-hydrogen) atoms. The summed E-state index contributed by atoms with van der Waals surface area (Å²) in [5, 5.41) is 12.9. The lowest BCUT2D eigenvalue weighted by Crippen LogP contribution is -2.26. The van der Waals surface area contributed by atoms with Gasteiger partial charge in [-0.1, -0.05) is 42.5 Å². The summed E-state index contributed by atoms with van der Waals surface area (Å²) in [7, 11) is 1.73. The summed E-state index contributed by atoms with van der Waals surface area (Å²) in [6.45, 7) is 0.469. The Labute approximate surface area is 139 Å². The molecule has 0 N–H and O–H groups in total. The third-order valence-corrected chi connectivity index (χ3v) is 3.96. The van der Waals surface area contributed by atoms with Crippen LogP contribution in [0.4, 0.5) is 5.69 Å². The van der Waals surface area contributed by atoms with Gasteiger partial charge in [0.15, 0.2) is 0 Å². The van der Waals surface area contributed by atoms with E-state index in [0.717, 1.165) is 16.3 Å². The van der Waals surface area contributed by atoms with Crippen LogP contribution in [-0.4, -0.2) is 22.8 Å². The van der Waals surface area contributed by atoms with E-state index in [2.05, 4.69) is 0 Å². The maximum atomic E-state index is 12.5. The number of hydrogen-bond donors (Lipinski definition) is 0. The van der Waals surface area contributed by atoms with Gasteiger partial charge in [0.1, 0.15) is 0 Å². The van der Waals surface area contributed by atoms with Crippen LogP contribution < -0.4 is 0 Å². The molecule has 3 aromatic rings. The summed E-state index contributed by atoms with van der Waals surface area (Å²) < 4.78 is 0. The predicted molar refractivity (Wildman–Crippen MR) is 92.8 cm³/mol. The number of carbonyl (C=O) groups excluding carboxylic acids is 1. The second-order valence-corrected chi connectivity index (χ2v) is 5.60. The van der Waals surface area contributed by atoms with Crippen LogP contribution in [0, 0.1) is 10.1 Å². The van der Waals surface area contributed by atoms with Gasteiger partial charge in [-0.05, 0) is 28.5 Å². The van der Waals surface area contributed by atoms with Gasteiger partial charge >= 0.3 is 0 Å². The first-order chi connectivity index (χ1) is 11.6. The Kier molecular flexibility index (Phi) is 4.24. The number of benzene rings is 3. The average molecular weight is 320 g/mol. The molecule has 0 heterocycles. The molecule has 0 radical (unpaired) electrons. The van der Waals surface area contributed by atoms with Crippen LogP contribution in [0.2, 0.25) is 0 Å². The van der Waals surface area contributed by atoms with Crippen LogP contribution in [0.15, 0.2) is 66.7 Å². The summed E-state index contributed by atoms with van der Waals surface area (Å²) in [6.07, 6.45) is 0. The highest BCUT2D eigenvalue weighted by atomic mass is 16.6. The highest BCUT2D eigenvalue weighted by molar-refractivity contribution is 5.94. The van der Waals surface area contributed by atoms with Crippen molar-refractivity contribution in [2.75, 3.05) is 7.05 Å². The molecule has 0 bridgehead atoms. The van der Waals surface area contributed by atoms with Gasteiger partial charge in [0.05, 0.1) is 4.92 Å². The van der Waals surface area contributed by atoms with Gasteiger partial charge in [-0.25, -0.2) is 0 Å². The number of amides is 1. The lowest BCUT2D eigenvalue weighted by molar-refractivity contribution is -0.384. The first kappa shape index (κ1) is 15.7. The minimum absolute atomic E-state index is 0.0248. The first-order valence-corrected chi connectivity index (χ1v) is 7.53. The standard InChI is InChI=1S/C19H16N2O3/c1-20(19(22)15-9-11-17(12-10-15)21(23)24)13-16-7-4-6-14-5-2-3-8-18(14)16/h2-12H,13H2,1H3. The predicted octanol–water partition coefficient (Wildman–Crippen LogP) is 4.02. The smallest absolute Gasteiger partial charge is 0.269 e. The molecule has 120 valence electrons. The van der Waals surface area contributed by atoms with Gasteiger partial charge in [0.2, 0.25) is 0 Å². The Bertz CT molecular complexity index is 899. The fraction of sp³-hybridized carbons (Fsp3) is 0.105. The quantitative estimate of drug-likeness (QED) is 0.539. The summed E-state index contributed by atoms with van der Waals surface area (Å²) in [5.41, 5.74) is 1.47. The monoisotopic (exact) mass is 320 g/mol. The molecule has 3 aromatic carbocycles. The molecule has 0 aromatic heterocycles. The third kappa shape index (κ3) is 3.10. The first-order valence-electron chi connectivity index (χ1n) is 7.53. The van der Waals surface area contributed by atoms with Gasteiger partial charge in [-0.15, -0.1) is 0 Å². The Balaban J connectivity index is 1.82. The van der Waals surface area contributed by atoms with Crippen molar-refractivity contribution in [3.05, 3.63) is 88.0 Å². The molecule has 1 amide bonds. The van der Waals surface area contributed by atoms with Crippen molar-refractivity contribution in [2.24, 2.45) is 0 Å². The fourth-order valence-electron chi connectivity index (χ4n) is 2.70. The molecule has 0 aliphatic rings. The minimum Gasteiger partial charge on any atom is -0.337 e. The van der Waals surface area contributed by atoms with Crippen molar-refractivity contribution in [3.63, 3.8) is 0 Å². The van der Waals surface area contributed by atoms with Crippen LogP contribution in [0.1, 0.15) is 15.9 Å². The van der Waals surface area contributed by atoms with E-state index in [-0.39, 0.29) is 11.6 Å². The SMILES string of the molecule is CN(Cc1cccc2ccccc12)C(=O)c1ccc([N+](=O)[O-])cc1. The normalized spacial score (nSPS) is 10.5. The molecule has 5 nitrogen and oxygen atoms in total. The lowest BCUT2D eigenvalue weighted by Gasteiger charge is -2.18. The van der Waals surface area contributed by atoms with Gasteiger partial charge < -0.3 is 4.90 Å². The lowest BCUT2D eigenvalue weighted by atomic mass is 10.0. The second-order valence-electron chi connectivity index (χ2n) is 5.60. The van der Waals surface area contributed by atoms with E-state index in [1.165, 1.54) is 24.3 Å². The number of nitrogens with zero attached hydrogens (tertiary/aromatic N) is 2. The van der Waals surface area contributed by atoms with Crippen LogP contribution in [-0.2, 0) is 6.54 Å². The number of nitro groups is 1. The zero-order valence-corrected chi connectivity index (χ0v) is 13.2. The summed E-state index contributed by atoms with van der Waals surface area (Å²) in [5.74, 6) is -0.169. The van der Waals surface area contributed by atoms with Crippen LogP contribution in [0.3, 0.4) is 0 Å². The van der Waals surface area contributed by atoms with Crippen molar-refractivity contribution in [1.29, 1.82) is 0 Å². The largest absolute Gasteiger partial charge is 0.337 e. The van der Waals surface area contributed by atoms with E-state index in [1.807, 2.05) is 42.5 Å². The van der Waals surface area contributed by atoms with Gasteiger partial charge in [-0.3, -0.25) is 14.9 Å². The number of fused-ring (bicyclic) bond motifs is 1. The molecule has 0 saturated heterocycles. The number of rotatable bonds is 4. The number of non-ortho nitro benzene ring substituents is 1. The number of carbonyl (C=O) groups is 1. The van der Waals surface area contributed by atoms with E-state index in [0.29, 0.717) is 12.1 Å². The number of hydrogen-bond acceptors (Lipinski definition) is 3. The Morgan fingerprint density at radius 3 is 2.38 bits per heavy atom. The van der Waals surface area contributed by atoms with Crippen LogP contribution in [0.5, 0.6) is 0 Å². The summed E-state index contributed by atoms with van der Waals surface area (Å²) >= 11 is 0. The second kappa shape index (κ2) is 6.50. The van der Waals surface area contributed by atoms with Crippen LogP contribution in [0.25, 0.3) is 10.8 Å². The van der Waals surface area contributed by atoms with Crippen molar-refractivity contribution in [2.45, 2.75) is 6.54 Å². The zero-order valence-electron chi connectivity index (χ0n) is 13.2. The van der Waals surface area contributed by atoms with Gasteiger partial charge in [0.25, 0.3) is 11.6 Å². The van der Waals surface area contributed by atoms with Crippen molar-refractivity contribution < 1.29 is 9.72 Å². The molecule has 0 aliphatic carbocycles. The minimum atomic E-state index is -0.478. The molecule has 0 aliphatic heterocycles. The maximum Gasteiger partial charge on any atom is 0.269 e. The zero-order chi connectivity index (χ0) is 17.1. The highest BCUT2D eigenvalue weighted by Gasteiger charge is 2.14. The molecular formula is C19H16N2O3. The van der Waals surface area contributed by atoms with Crippen LogP contribution >= 0.6 is 0 Å². The Morgan fingerprint density at radius 2 is 1.67 bits per heavy atom. The maximum absolute atomic E-state index is 12.5. The molecule has 0 saturated carbocycles. The topological polar surface area (TPSA) is 63.5 Å². The fourth-order valence-corrected chi connectivity index (χ4v) is 2.70. The van der Waals surface area contributed by atoms with E-state index in [4.69, 9.17) is 0 Å². The summed E-state index contributed by atoms with van der Waals surface area (Å²) in [4.78, 5) is 24.4. The number of nitro benzene ring substituents is 1. The Morgan fingerprint density at radius 1 is 1.00 bits per heavy atom. The molecule has 0 spiro atoms. The van der Waals surface area contributed by atoms with Crippen molar-refractivity contribution >= 4 is 22.4 Å². The van der Waals surface area contributed by atoms with E-state index in [9.17, 15) is 14.9 Å². The van der Waals surface area contributed by atoms with E-state index < -0.39 is 4.92 Å². The van der Waals surface area contributed by atoms with Gasteiger partial charge in [-0.2, -0.15) is 0 Å².